The van der Waals surface area contributed by atoms with Crippen molar-refractivity contribution in [2.45, 2.75) is 6.42 Å². The Morgan fingerprint density at radius 3 is 2.43 bits per heavy atom. The minimum Gasteiger partial charge on any atom is -0.478 e. The fourth-order valence-electron chi connectivity index (χ4n) is 1.94. The van der Waals surface area contributed by atoms with Crippen LogP contribution in [0.3, 0.4) is 0 Å². The van der Waals surface area contributed by atoms with E-state index in [4.69, 9.17) is 9.84 Å². The lowest BCUT2D eigenvalue weighted by molar-refractivity contribution is -0.132. The van der Waals surface area contributed by atoms with Gasteiger partial charge in [0.25, 0.3) is 0 Å². The molecule has 0 aromatic heterocycles. The topological polar surface area (TPSA) is 75.6 Å². The van der Waals surface area contributed by atoms with Gasteiger partial charge in [0.05, 0.1) is 0 Å². The second-order valence-corrected chi connectivity index (χ2v) is 4.87. The minimum atomic E-state index is -1.07. The Hall–Kier alpha value is -3.08. The highest BCUT2D eigenvalue weighted by Crippen LogP contribution is 2.23. The second kappa shape index (κ2) is 7.79. The van der Waals surface area contributed by atoms with Crippen LogP contribution in [0.25, 0.3) is 11.1 Å². The Morgan fingerprint density at radius 2 is 1.74 bits per heavy atom. The zero-order chi connectivity index (χ0) is 16.7. The van der Waals surface area contributed by atoms with Crippen LogP contribution < -0.4 is 10.1 Å². The molecule has 2 N–H and O–H groups in total. The smallest absolute Gasteiger partial charge is 0.412 e. The lowest BCUT2D eigenvalue weighted by Crippen LogP contribution is -2.28. The fourth-order valence-corrected chi connectivity index (χ4v) is 1.94. The molecule has 0 spiro atoms. The molecule has 0 aliphatic rings. The Balaban J connectivity index is 1.92. The van der Waals surface area contributed by atoms with E-state index in [-0.39, 0.29) is 18.5 Å². The van der Waals surface area contributed by atoms with E-state index in [1.807, 2.05) is 36.4 Å². The van der Waals surface area contributed by atoms with Crippen molar-refractivity contribution < 1.29 is 19.4 Å². The van der Waals surface area contributed by atoms with Crippen LogP contribution in [0.2, 0.25) is 0 Å². The van der Waals surface area contributed by atoms with E-state index in [1.165, 1.54) is 0 Å². The molecule has 0 atom stereocenters. The number of hydrogen-bond acceptors (Lipinski definition) is 3. The van der Waals surface area contributed by atoms with Crippen LogP contribution in [-0.4, -0.2) is 23.7 Å². The van der Waals surface area contributed by atoms with Crippen molar-refractivity contribution in [1.29, 1.82) is 0 Å². The zero-order valence-electron chi connectivity index (χ0n) is 12.5. The van der Waals surface area contributed by atoms with Gasteiger partial charge < -0.3 is 15.2 Å². The molecule has 1 amide bonds. The lowest BCUT2D eigenvalue weighted by atomic mass is 10.1. The average Bonchev–Trinajstić information content (AvgIpc) is 2.55. The van der Waals surface area contributed by atoms with Crippen molar-refractivity contribution in [3.63, 3.8) is 0 Å². The molecule has 0 bridgehead atoms. The first-order valence-electron chi connectivity index (χ1n) is 7.08. The number of carbonyl (C=O) groups excluding carboxylic acids is 1. The Kier molecular flexibility index (Phi) is 5.52. The third-order valence-electron chi connectivity index (χ3n) is 3.15. The molecule has 0 heterocycles. The number of carbonyl (C=O) groups is 2. The van der Waals surface area contributed by atoms with Crippen molar-refractivity contribution >= 4 is 12.1 Å². The highest BCUT2D eigenvalue weighted by Gasteiger charge is 2.07. The normalized spacial score (nSPS) is 9.91. The second-order valence-electron chi connectivity index (χ2n) is 4.87. The molecule has 2 aromatic rings. The SMILES string of the molecule is C=C(CCNC(=O)Oc1cccc(-c2ccccc2)c1)C(=O)O. The number of amides is 1. The van der Waals surface area contributed by atoms with Gasteiger partial charge in [-0.15, -0.1) is 0 Å². The van der Waals surface area contributed by atoms with Gasteiger partial charge in [-0.3, -0.25) is 0 Å². The number of carboxylic acid groups (broad SMARTS) is 1. The molecule has 0 aliphatic carbocycles. The summed E-state index contributed by atoms with van der Waals surface area (Å²) in [5.74, 6) is -0.656. The maximum Gasteiger partial charge on any atom is 0.412 e. The van der Waals surface area contributed by atoms with E-state index in [0.717, 1.165) is 11.1 Å². The van der Waals surface area contributed by atoms with Crippen LogP contribution in [0.5, 0.6) is 5.75 Å². The number of carboxylic acids is 1. The predicted molar refractivity (Wildman–Crippen MR) is 87.3 cm³/mol. The van der Waals surface area contributed by atoms with Crippen molar-refractivity contribution in [1.82, 2.24) is 5.32 Å². The molecule has 0 aliphatic heterocycles. The molecule has 5 nitrogen and oxygen atoms in total. The van der Waals surface area contributed by atoms with Gasteiger partial charge in [-0.25, -0.2) is 9.59 Å². The maximum atomic E-state index is 11.7. The molecule has 0 unspecified atom stereocenters. The first kappa shape index (κ1) is 16.3. The largest absolute Gasteiger partial charge is 0.478 e. The van der Waals surface area contributed by atoms with E-state index in [1.54, 1.807) is 18.2 Å². The lowest BCUT2D eigenvalue weighted by Gasteiger charge is -2.08. The van der Waals surface area contributed by atoms with Crippen LogP contribution in [0, 0.1) is 0 Å². The number of nitrogens with one attached hydrogen (secondary N) is 1. The quantitative estimate of drug-likeness (QED) is 0.801. The molecule has 118 valence electrons. The molecule has 0 saturated carbocycles. The van der Waals surface area contributed by atoms with Crippen molar-refractivity contribution in [3.05, 3.63) is 66.7 Å². The highest BCUT2D eigenvalue weighted by molar-refractivity contribution is 5.85. The van der Waals surface area contributed by atoms with E-state index < -0.39 is 12.1 Å². The average molecular weight is 311 g/mol. The van der Waals surface area contributed by atoms with Gasteiger partial charge in [-0.1, -0.05) is 49.0 Å². The van der Waals surface area contributed by atoms with E-state index in [9.17, 15) is 9.59 Å². The van der Waals surface area contributed by atoms with Gasteiger partial charge in [0.1, 0.15) is 5.75 Å². The molecule has 23 heavy (non-hydrogen) atoms. The van der Waals surface area contributed by atoms with E-state index in [0.29, 0.717) is 5.75 Å². The summed E-state index contributed by atoms with van der Waals surface area (Å²) in [4.78, 5) is 22.3. The third kappa shape index (κ3) is 5.00. The van der Waals surface area contributed by atoms with Crippen LogP contribution in [-0.2, 0) is 4.79 Å². The molecule has 2 aromatic carbocycles. The molecule has 2 rings (SSSR count). The standard InChI is InChI=1S/C18H17NO4/c1-13(17(20)21)10-11-19-18(22)23-16-9-5-8-15(12-16)14-6-3-2-4-7-14/h2-9,12H,1,10-11H2,(H,19,22)(H,20,21). The van der Waals surface area contributed by atoms with Gasteiger partial charge in [0.15, 0.2) is 0 Å². The number of benzene rings is 2. The Labute approximate surface area is 134 Å². The third-order valence-corrected chi connectivity index (χ3v) is 3.15. The summed E-state index contributed by atoms with van der Waals surface area (Å²) in [7, 11) is 0. The van der Waals surface area contributed by atoms with E-state index in [2.05, 4.69) is 11.9 Å². The molecular weight excluding hydrogens is 294 g/mol. The summed E-state index contributed by atoms with van der Waals surface area (Å²) in [6.45, 7) is 3.54. The summed E-state index contributed by atoms with van der Waals surface area (Å²) < 4.78 is 5.19. The predicted octanol–water partition coefficient (Wildman–Crippen LogP) is 3.47. The molecule has 0 radical (unpaired) electrons. The van der Waals surface area contributed by atoms with Crippen molar-refractivity contribution in [2.75, 3.05) is 6.54 Å². The van der Waals surface area contributed by atoms with Gasteiger partial charge in [0.2, 0.25) is 0 Å². The summed E-state index contributed by atoms with van der Waals surface area (Å²) in [6, 6.07) is 16.9. The summed E-state index contributed by atoms with van der Waals surface area (Å²) in [6.07, 6.45) is -0.470. The maximum absolute atomic E-state index is 11.7. The summed E-state index contributed by atoms with van der Waals surface area (Å²) in [5.41, 5.74) is 2.00. The van der Waals surface area contributed by atoms with Gasteiger partial charge in [0, 0.05) is 12.1 Å². The Morgan fingerprint density at radius 1 is 1.04 bits per heavy atom. The number of ether oxygens (including phenoxy) is 1. The van der Waals surface area contributed by atoms with Gasteiger partial charge in [-0.05, 0) is 29.7 Å². The Bertz CT molecular complexity index is 710. The first-order valence-corrected chi connectivity index (χ1v) is 7.08. The molecule has 5 heteroatoms. The van der Waals surface area contributed by atoms with Crippen molar-refractivity contribution in [2.24, 2.45) is 0 Å². The van der Waals surface area contributed by atoms with Crippen LogP contribution in [0.1, 0.15) is 6.42 Å². The zero-order valence-corrected chi connectivity index (χ0v) is 12.5. The van der Waals surface area contributed by atoms with Crippen LogP contribution >= 0.6 is 0 Å². The molecular formula is C18H17NO4. The summed E-state index contributed by atoms with van der Waals surface area (Å²) >= 11 is 0. The molecule has 0 saturated heterocycles. The van der Waals surface area contributed by atoms with Crippen molar-refractivity contribution in [3.8, 4) is 16.9 Å². The van der Waals surface area contributed by atoms with Crippen LogP contribution in [0.15, 0.2) is 66.7 Å². The highest BCUT2D eigenvalue weighted by atomic mass is 16.6. The van der Waals surface area contributed by atoms with Crippen LogP contribution in [0.4, 0.5) is 4.79 Å². The van der Waals surface area contributed by atoms with E-state index >= 15 is 0 Å². The number of hydrogen-bond donors (Lipinski definition) is 2. The monoisotopic (exact) mass is 311 g/mol. The molecule has 0 fully saturated rings. The summed E-state index contributed by atoms with van der Waals surface area (Å²) in [5, 5.41) is 11.2. The number of aliphatic carboxylic acids is 1. The fraction of sp³-hybridized carbons (Fsp3) is 0.111. The number of rotatable bonds is 6. The first-order chi connectivity index (χ1) is 11.1. The van der Waals surface area contributed by atoms with Gasteiger partial charge in [-0.2, -0.15) is 0 Å². The van der Waals surface area contributed by atoms with Gasteiger partial charge >= 0.3 is 12.1 Å². The minimum absolute atomic E-state index is 0.0383.